The van der Waals surface area contributed by atoms with Gasteiger partial charge in [0, 0.05) is 7.11 Å². The Morgan fingerprint density at radius 3 is 1.05 bits per heavy atom. The van der Waals surface area contributed by atoms with Crippen LogP contribution in [0, 0.1) is 0 Å². The van der Waals surface area contributed by atoms with Crippen LogP contribution in [0.15, 0.2) is 0 Å². The van der Waals surface area contributed by atoms with E-state index in [9.17, 15) is 0 Å². The summed E-state index contributed by atoms with van der Waals surface area (Å²) in [4.78, 5) is 0. The molecule has 0 saturated carbocycles. The van der Waals surface area contributed by atoms with Crippen molar-refractivity contribution in [1.29, 1.82) is 0 Å². The third-order valence-corrected chi connectivity index (χ3v) is 14.1. The second kappa shape index (κ2) is 8.40. The largest absolute Gasteiger partial charge is 0.437 e. The van der Waals surface area contributed by atoms with E-state index in [1.807, 2.05) is 0 Å². The molecule has 0 N–H and O–H groups in total. The molecule has 124 valence electrons. The maximum atomic E-state index is 6.09. The minimum Gasteiger partial charge on any atom is -0.437 e. The van der Waals surface area contributed by atoms with Gasteiger partial charge in [0.05, 0.1) is 0 Å². The molecule has 3 nitrogen and oxygen atoms in total. The number of hydrogen-bond donors (Lipinski definition) is 0. The van der Waals surface area contributed by atoms with E-state index in [2.05, 4.69) is 72.4 Å². The van der Waals surface area contributed by atoms with Crippen molar-refractivity contribution in [3.63, 3.8) is 0 Å². The predicted molar refractivity (Wildman–Crippen MR) is 101 cm³/mol. The van der Waals surface area contributed by atoms with Crippen LogP contribution in [0.1, 0.15) is 6.92 Å². The van der Waals surface area contributed by atoms with Gasteiger partial charge in [0.1, 0.15) is 0 Å². The predicted octanol–water partition coefficient (Wildman–Crippen LogP) is 5.25. The highest BCUT2D eigenvalue weighted by molar-refractivity contribution is 6.87. The molecule has 0 saturated heterocycles. The van der Waals surface area contributed by atoms with Crippen molar-refractivity contribution in [3.05, 3.63) is 0 Å². The van der Waals surface area contributed by atoms with E-state index >= 15 is 0 Å². The van der Waals surface area contributed by atoms with Gasteiger partial charge >= 0.3 is 8.56 Å². The first kappa shape index (κ1) is 23.0. The van der Waals surface area contributed by atoms with Crippen molar-refractivity contribution in [2.24, 2.45) is 0 Å². The summed E-state index contributed by atoms with van der Waals surface area (Å²) in [6.45, 7) is 24.2. The Bertz CT molecular complexity index is 244. The van der Waals surface area contributed by atoms with Crippen LogP contribution >= 0.6 is 0 Å². The van der Waals surface area contributed by atoms with E-state index in [0.29, 0.717) is 0 Å². The molecule has 0 atom stereocenters. The van der Waals surface area contributed by atoms with Crippen molar-refractivity contribution in [2.75, 3.05) is 7.11 Å². The first-order chi connectivity index (χ1) is 8.54. The van der Waals surface area contributed by atoms with E-state index in [4.69, 9.17) is 12.7 Å². The van der Waals surface area contributed by atoms with Gasteiger partial charge in [-0.2, -0.15) is 0 Å². The van der Waals surface area contributed by atoms with Crippen LogP contribution in [-0.4, -0.2) is 40.6 Å². The molecule has 0 spiro atoms. The maximum Gasteiger partial charge on any atom is 0.311 e. The minimum atomic E-state index is -1.85. The van der Waals surface area contributed by atoms with Gasteiger partial charge in [-0.3, -0.25) is 0 Å². The van der Waals surface area contributed by atoms with Gasteiger partial charge in [0.2, 0.25) is 0 Å². The fourth-order valence-corrected chi connectivity index (χ4v) is 14.3. The molecular weight excluding hydrogens is 316 g/mol. The Labute approximate surface area is 132 Å². The molecule has 0 aliphatic rings. The first-order valence-electron chi connectivity index (χ1n) is 7.49. The van der Waals surface area contributed by atoms with Crippen LogP contribution in [-0.2, 0) is 12.7 Å². The summed E-state index contributed by atoms with van der Waals surface area (Å²) in [7, 11) is -4.07. The summed E-state index contributed by atoms with van der Waals surface area (Å²) in [6, 6.07) is 1.21. The molecular formula is C13H38O3Si4. The number of rotatable bonds is 6. The van der Waals surface area contributed by atoms with Crippen LogP contribution in [0.25, 0.3) is 0 Å². The van der Waals surface area contributed by atoms with E-state index in [1.54, 1.807) is 7.11 Å². The van der Waals surface area contributed by atoms with Crippen molar-refractivity contribution < 1.29 is 12.7 Å². The fourth-order valence-electron chi connectivity index (χ4n) is 1.64. The normalized spacial score (nSPS) is 13.8. The molecule has 0 unspecified atom stereocenters. The maximum absolute atomic E-state index is 6.09. The Morgan fingerprint density at radius 2 is 0.950 bits per heavy atom. The summed E-state index contributed by atoms with van der Waals surface area (Å²) in [5.41, 5.74) is 0. The second-order valence-electron chi connectivity index (χ2n) is 8.15. The Kier molecular flexibility index (Phi) is 9.67. The molecule has 0 amide bonds. The van der Waals surface area contributed by atoms with Gasteiger partial charge in [-0.25, -0.2) is 0 Å². The van der Waals surface area contributed by atoms with Crippen molar-refractivity contribution in [1.82, 2.24) is 0 Å². The molecule has 0 heterocycles. The molecule has 20 heavy (non-hydrogen) atoms. The zero-order chi connectivity index (χ0) is 16.8. The van der Waals surface area contributed by atoms with E-state index in [-0.39, 0.29) is 0 Å². The van der Waals surface area contributed by atoms with E-state index < -0.39 is 33.5 Å². The third-order valence-electron chi connectivity index (χ3n) is 2.51. The smallest absolute Gasteiger partial charge is 0.311 e. The Balaban J connectivity index is 0. The second-order valence-corrected chi connectivity index (χ2v) is 25.7. The van der Waals surface area contributed by atoms with Gasteiger partial charge < -0.3 is 12.7 Å². The lowest BCUT2D eigenvalue weighted by Gasteiger charge is -2.35. The molecule has 0 rings (SSSR count). The van der Waals surface area contributed by atoms with Crippen molar-refractivity contribution in [2.45, 2.75) is 78.4 Å². The summed E-state index contributed by atoms with van der Waals surface area (Å²) in [5.74, 6) is 0. The molecule has 0 bridgehead atoms. The van der Waals surface area contributed by atoms with Gasteiger partial charge in [-0.05, 0) is 71.5 Å². The molecule has 7 heteroatoms. The Hall–Kier alpha value is 0.748. The molecule has 0 aromatic rings. The van der Waals surface area contributed by atoms with Gasteiger partial charge in [-0.15, -0.1) is 0 Å². The monoisotopic (exact) mass is 354 g/mol. The molecule has 0 aromatic carbocycles. The van der Waals surface area contributed by atoms with Crippen LogP contribution < -0.4 is 0 Å². The topological polar surface area (TPSA) is 27.7 Å². The van der Waals surface area contributed by atoms with Crippen LogP contribution in [0.5, 0.6) is 0 Å². The molecule has 0 aliphatic carbocycles. The molecule has 0 radical (unpaired) electrons. The van der Waals surface area contributed by atoms with Crippen molar-refractivity contribution >= 4 is 33.5 Å². The fraction of sp³-hybridized carbons (Fsp3) is 1.00. The quantitative estimate of drug-likeness (QED) is 0.610. The van der Waals surface area contributed by atoms with Crippen molar-refractivity contribution in [3.8, 4) is 0 Å². The highest BCUT2D eigenvalue weighted by Gasteiger charge is 2.35. The molecule has 0 aliphatic heterocycles. The highest BCUT2D eigenvalue weighted by Crippen LogP contribution is 2.19. The summed E-state index contributed by atoms with van der Waals surface area (Å²) in [6.07, 6.45) is 0. The minimum absolute atomic E-state index is 1.15. The highest BCUT2D eigenvalue weighted by atomic mass is 28.5. The summed E-state index contributed by atoms with van der Waals surface area (Å²) < 4.78 is 17.4. The standard InChI is InChI=1S/C8H24O2Si3.C5H14OSi/c1-11(2,3)9-13(7,8)10-12(4,5)6;1-5-7(3,4)6-2/h1-8H3;5H2,1-4H3. The van der Waals surface area contributed by atoms with E-state index in [0.717, 1.165) is 0 Å². The molecule has 0 aromatic heterocycles. The zero-order valence-corrected chi connectivity index (χ0v) is 19.9. The number of hydrogen-bond acceptors (Lipinski definition) is 3. The van der Waals surface area contributed by atoms with Crippen LogP contribution in [0.3, 0.4) is 0 Å². The van der Waals surface area contributed by atoms with Gasteiger partial charge in [-0.1, -0.05) is 6.92 Å². The zero-order valence-electron chi connectivity index (χ0n) is 15.9. The van der Waals surface area contributed by atoms with E-state index in [1.165, 1.54) is 6.04 Å². The lowest BCUT2D eigenvalue weighted by molar-refractivity contribution is 0.395. The Morgan fingerprint density at radius 1 is 0.650 bits per heavy atom. The van der Waals surface area contributed by atoms with Gasteiger partial charge in [0.25, 0.3) is 0 Å². The molecule has 0 fully saturated rings. The lowest BCUT2D eigenvalue weighted by Crippen LogP contribution is -2.50. The van der Waals surface area contributed by atoms with Gasteiger partial charge in [0.15, 0.2) is 25.0 Å². The average molecular weight is 355 g/mol. The first-order valence-corrected chi connectivity index (χ1v) is 20.2. The van der Waals surface area contributed by atoms with Crippen LogP contribution in [0.2, 0.25) is 71.5 Å². The third kappa shape index (κ3) is 16.8. The SMILES string of the molecule is CC[Si](C)(C)OC.C[Si](C)(C)O[Si](C)(C)O[Si](C)(C)C. The average Bonchev–Trinajstić information content (AvgIpc) is 2.10. The van der Waals surface area contributed by atoms with Crippen LogP contribution in [0.4, 0.5) is 0 Å². The lowest BCUT2D eigenvalue weighted by atomic mass is 11.0. The summed E-state index contributed by atoms with van der Waals surface area (Å²) >= 11 is 0. The summed E-state index contributed by atoms with van der Waals surface area (Å²) in [5, 5.41) is 0.